The molecular formula is C23H35NO3S. The highest BCUT2D eigenvalue weighted by atomic mass is 32.2. The summed E-state index contributed by atoms with van der Waals surface area (Å²) in [6, 6.07) is 8.55. The van der Waals surface area contributed by atoms with Crippen molar-refractivity contribution in [2.75, 3.05) is 24.7 Å². The van der Waals surface area contributed by atoms with E-state index in [1.807, 2.05) is 28.8 Å². The van der Waals surface area contributed by atoms with Gasteiger partial charge in [-0.05, 0) is 42.6 Å². The normalized spacial score (nSPS) is 18.3. The second kappa shape index (κ2) is 13.0. The van der Waals surface area contributed by atoms with Crippen molar-refractivity contribution in [1.29, 1.82) is 0 Å². The van der Waals surface area contributed by atoms with Crippen LogP contribution < -0.4 is 0 Å². The van der Waals surface area contributed by atoms with Crippen molar-refractivity contribution >= 4 is 17.7 Å². The van der Waals surface area contributed by atoms with Gasteiger partial charge in [0.1, 0.15) is 0 Å². The molecule has 1 saturated heterocycles. The van der Waals surface area contributed by atoms with Gasteiger partial charge in [0, 0.05) is 31.7 Å². The number of thioether (sulfide) groups is 1. The maximum atomic E-state index is 12.2. The highest BCUT2D eigenvalue weighted by Gasteiger charge is 2.28. The van der Waals surface area contributed by atoms with E-state index in [0.717, 1.165) is 55.7 Å². The van der Waals surface area contributed by atoms with Crippen LogP contribution in [0, 0.1) is 0 Å². The summed E-state index contributed by atoms with van der Waals surface area (Å²) in [5, 5.41) is 19.2. The van der Waals surface area contributed by atoms with Crippen LogP contribution in [0.5, 0.6) is 0 Å². The first-order chi connectivity index (χ1) is 13.6. The van der Waals surface area contributed by atoms with E-state index >= 15 is 0 Å². The SMILES string of the molecule is CCCc1cccc(C[C@H](O)C=C[C@H]2CCC(=O)N2CCSCCCCO)c1. The molecule has 1 aromatic carbocycles. The predicted molar refractivity (Wildman–Crippen MR) is 118 cm³/mol. The molecule has 0 aromatic heterocycles. The average Bonchev–Trinajstić information content (AvgIpc) is 3.03. The van der Waals surface area contributed by atoms with Crippen molar-refractivity contribution in [3.63, 3.8) is 0 Å². The number of aliphatic hydroxyl groups excluding tert-OH is 2. The van der Waals surface area contributed by atoms with Crippen molar-refractivity contribution in [3.05, 3.63) is 47.5 Å². The minimum Gasteiger partial charge on any atom is -0.396 e. The van der Waals surface area contributed by atoms with Crippen LogP contribution in [0.1, 0.15) is 50.2 Å². The number of aryl methyl sites for hydroxylation is 1. The van der Waals surface area contributed by atoms with Crippen molar-refractivity contribution in [1.82, 2.24) is 4.90 Å². The Bertz CT molecular complexity index is 620. The molecule has 1 fully saturated rings. The number of benzene rings is 1. The molecule has 0 saturated carbocycles. The van der Waals surface area contributed by atoms with Crippen LogP contribution in [-0.2, 0) is 17.6 Å². The summed E-state index contributed by atoms with van der Waals surface area (Å²) in [5.41, 5.74) is 2.47. The lowest BCUT2D eigenvalue weighted by atomic mass is 10.0. The van der Waals surface area contributed by atoms with Gasteiger partial charge in [0.15, 0.2) is 0 Å². The molecule has 5 heteroatoms. The topological polar surface area (TPSA) is 60.8 Å². The zero-order chi connectivity index (χ0) is 20.2. The molecule has 0 aliphatic carbocycles. The molecule has 1 aliphatic rings. The van der Waals surface area contributed by atoms with E-state index in [1.54, 1.807) is 0 Å². The van der Waals surface area contributed by atoms with E-state index in [2.05, 4.69) is 31.2 Å². The molecule has 0 radical (unpaired) electrons. The highest BCUT2D eigenvalue weighted by molar-refractivity contribution is 7.99. The number of unbranched alkanes of at least 4 members (excludes halogenated alkanes) is 1. The van der Waals surface area contributed by atoms with Gasteiger partial charge in [0.2, 0.25) is 5.91 Å². The van der Waals surface area contributed by atoms with Crippen LogP contribution in [0.15, 0.2) is 36.4 Å². The van der Waals surface area contributed by atoms with E-state index < -0.39 is 6.10 Å². The minimum atomic E-state index is -0.526. The highest BCUT2D eigenvalue weighted by Crippen LogP contribution is 2.21. The second-order valence-electron chi connectivity index (χ2n) is 7.46. The van der Waals surface area contributed by atoms with E-state index in [4.69, 9.17) is 5.11 Å². The van der Waals surface area contributed by atoms with Gasteiger partial charge < -0.3 is 15.1 Å². The average molecular weight is 406 g/mol. The molecule has 1 heterocycles. The minimum absolute atomic E-state index is 0.103. The fourth-order valence-corrected chi connectivity index (χ4v) is 4.53. The summed E-state index contributed by atoms with van der Waals surface area (Å²) in [7, 11) is 0. The Hall–Kier alpha value is -1.30. The summed E-state index contributed by atoms with van der Waals surface area (Å²) in [6.45, 7) is 3.18. The van der Waals surface area contributed by atoms with Crippen molar-refractivity contribution < 1.29 is 15.0 Å². The van der Waals surface area contributed by atoms with E-state index in [0.29, 0.717) is 12.8 Å². The van der Waals surface area contributed by atoms with Crippen LogP contribution in [-0.4, -0.2) is 57.8 Å². The molecule has 28 heavy (non-hydrogen) atoms. The van der Waals surface area contributed by atoms with Gasteiger partial charge in [-0.15, -0.1) is 0 Å². The number of nitrogens with zero attached hydrogens (tertiary/aromatic N) is 1. The van der Waals surface area contributed by atoms with Gasteiger partial charge in [-0.2, -0.15) is 11.8 Å². The number of likely N-dealkylation sites (tertiary alicyclic amines) is 1. The molecule has 2 rings (SSSR count). The Labute approximate surface area is 174 Å². The molecule has 1 amide bonds. The number of hydrogen-bond donors (Lipinski definition) is 2. The quantitative estimate of drug-likeness (QED) is 0.389. The van der Waals surface area contributed by atoms with Gasteiger partial charge in [0.25, 0.3) is 0 Å². The molecular weight excluding hydrogens is 370 g/mol. The van der Waals surface area contributed by atoms with E-state index in [-0.39, 0.29) is 18.6 Å². The number of aliphatic hydroxyl groups is 2. The smallest absolute Gasteiger partial charge is 0.223 e. The Morgan fingerprint density at radius 1 is 1.29 bits per heavy atom. The number of amides is 1. The van der Waals surface area contributed by atoms with Gasteiger partial charge in [-0.3, -0.25) is 4.79 Å². The largest absolute Gasteiger partial charge is 0.396 e. The van der Waals surface area contributed by atoms with Crippen LogP contribution in [0.3, 0.4) is 0 Å². The van der Waals surface area contributed by atoms with Gasteiger partial charge in [-0.1, -0.05) is 49.8 Å². The Kier molecular flexibility index (Phi) is 10.7. The zero-order valence-electron chi connectivity index (χ0n) is 17.1. The molecule has 156 valence electrons. The lowest BCUT2D eigenvalue weighted by molar-refractivity contribution is -0.128. The van der Waals surface area contributed by atoms with Crippen LogP contribution in [0.2, 0.25) is 0 Å². The number of carbonyl (C=O) groups is 1. The van der Waals surface area contributed by atoms with E-state index in [9.17, 15) is 9.90 Å². The van der Waals surface area contributed by atoms with E-state index in [1.165, 1.54) is 5.56 Å². The fraction of sp³-hybridized carbons (Fsp3) is 0.609. The van der Waals surface area contributed by atoms with Crippen molar-refractivity contribution in [2.24, 2.45) is 0 Å². The first kappa shape index (κ1) is 23.0. The lowest BCUT2D eigenvalue weighted by Gasteiger charge is -2.22. The molecule has 0 unspecified atom stereocenters. The monoisotopic (exact) mass is 405 g/mol. The second-order valence-corrected chi connectivity index (χ2v) is 8.69. The molecule has 0 spiro atoms. The molecule has 4 nitrogen and oxygen atoms in total. The number of carbonyl (C=O) groups excluding carboxylic acids is 1. The Morgan fingerprint density at radius 3 is 2.89 bits per heavy atom. The fourth-order valence-electron chi connectivity index (χ4n) is 3.59. The number of hydrogen-bond acceptors (Lipinski definition) is 4. The summed E-state index contributed by atoms with van der Waals surface area (Å²) >= 11 is 1.84. The Morgan fingerprint density at radius 2 is 2.11 bits per heavy atom. The van der Waals surface area contributed by atoms with Crippen LogP contribution >= 0.6 is 11.8 Å². The molecule has 0 bridgehead atoms. The zero-order valence-corrected chi connectivity index (χ0v) is 17.9. The summed E-state index contributed by atoms with van der Waals surface area (Å²) in [6.07, 6.45) is 9.44. The summed E-state index contributed by atoms with van der Waals surface area (Å²) < 4.78 is 0. The standard InChI is InChI=1S/C23H35NO3S/c1-2-6-19-7-5-8-20(17-19)18-22(26)11-9-21-10-12-23(27)24(21)13-16-28-15-4-3-14-25/h5,7-9,11,17,21-22,25-26H,2-4,6,10,12-16,18H2,1H3/t21-,22+/m0/s1. The maximum Gasteiger partial charge on any atom is 0.223 e. The Balaban J connectivity index is 1.80. The van der Waals surface area contributed by atoms with Crippen molar-refractivity contribution in [3.8, 4) is 0 Å². The van der Waals surface area contributed by atoms with Crippen molar-refractivity contribution in [2.45, 2.75) is 64.0 Å². The van der Waals surface area contributed by atoms with Crippen LogP contribution in [0.25, 0.3) is 0 Å². The summed E-state index contributed by atoms with van der Waals surface area (Å²) in [5.74, 6) is 2.17. The van der Waals surface area contributed by atoms with Crippen LogP contribution in [0.4, 0.5) is 0 Å². The first-order valence-corrected chi connectivity index (χ1v) is 11.7. The summed E-state index contributed by atoms with van der Waals surface area (Å²) in [4.78, 5) is 14.1. The van der Waals surface area contributed by atoms with Gasteiger partial charge >= 0.3 is 0 Å². The van der Waals surface area contributed by atoms with Gasteiger partial charge in [-0.25, -0.2) is 0 Å². The predicted octanol–water partition coefficient (Wildman–Crippen LogP) is 3.60. The molecule has 1 aliphatic heterocycles. The third kappa shape index (κ3) is 7.98. The van der Waals surface area contributed by atoms with Gasteiger partial charge in [0.05, 0.1) is 12.1 Å². The molecule has 2 N–H and O–H groups in total. The third-order valence-electron chi connectivity index (χ3n) is 5.08. The molecule has 2 atom stereocenters. The lowest BCUT2D eigenvalue weighted by Crippen LogP contribution is -2.34. The first-order valence-electron chi connectivity index (χ1n) is 10.6. The third-order valence-corrected chi connectivity index (χ3v) is 6.13. The number of rotatable bonds is 13. The molecule has 1 aromatic rings. The maximum absolute atomic E-state index is 12.2.